The molecular formula is C22H23ClN2O3. The van der Waals surface area contributed by atoms with Gasteiger partial charge in [0.05, 0.1) is 10.9 Å². The van der Waals surface area contributed by atoms with E-state index in [1.165, 1.54) is 0 Å². The SMILES string of the molecule is CNC1CCN(C(=O)c2cccc3c(=O)c(C)c(-c4ccccc4)oc23)C1.Cl. The molecule has 0 saturated carbocycles. The molecule has 1 unspecified atom stereocenters. The number of hydrogen-bond donors (Lipinski definition) is 1. The molecule has 2 heterocycles. The van der Waals surface area contributed by atoms with Crippen molar-refractivity contribution in [2.24, 2.45) is 0 Å². The third-order valence-electron chi connectivity index (χ3n) is 5.30. The van der Waals surface area contributed by atoms with Crippen molar-refractivity contribution < 1.29 is 9.21 Å². The lowest BCUT2D eigenvalue weighted by Gasteiger charge is -2.17. The number of halogens is 1. The normalized spacial score (nSPS) is 16.2. The van der Waals surface area contributed by atoms with Crippen LogP contribution in [-0.2, 0) is 0 Å². The Labute approximate surface area is 169 Å². The monoisotopic (exact) mass is 398 g/mol. The van der Waals surface area contributed by atoms with E-state index in [9.17, 15) is 9.59 Å². The molecule has 4 rings (SSSR count). The Morgan fingerprint density at radius 2 is 1.89 bits per heavy atom. The molecule has 0 radical (unpaired) electrons. The number of para-hydroxylation sites is 1. The summed E-state index contributed by atoms with van der Waals surface area (Å²) in [7, 11) is 1.91. The molecular weight excluding hydrogens is 376 g/mol. The first-order valence-electron chi connectivity index (χ1n) is 9.18. The average molecular weight is 399 g/mol. The number of benzene rings is 2. The van der Waals surface area contributed by atoms with Gasteiger partial charge in [-0.15, -0.1) is 12.4 Å². The molecule has 1 N–H and O–H groups in total. The van der Waals surface area contributed by atoms with E-state index >= 15 is 0 Å². The molecule has 1 amide bonds. The van der Waals surface area contributed by atoms with Crippen molar-refractivity contribution in [1.82, 2.24) is 10.2 Å². The van der Waals surface area contributed by atoms with Crippen LogP contribution in [0, 0.1) is 6.92 Å². The van der Waals surface area contributed by atoms with Crippen LogP contribution >= 0.6 is 12.4 Å². The quantitative estimate of drug-likeness (QED) is 0.731. The topological polar surface area (TPSA) is 62.6 Å². The predicted molar refractivity (Wildman–Crippen MR) is 113 cm³/mol. The van der Waals surface area contributed by atoms with Crippen molar-refractivity contribution in [3.8, 4) is 11.3 Å². The summed E-state index contributed by atoms with van der Waals surface area (Å²) in [6, 6.07) is 15.0. The Hall–Kier alpha value is -2.63. The number of rotatable bonds is 3. The van der Waals surface area contributed by atoms with Crippen LogP contribution in [0.2, 0.25) is 0 Å². The molecule has 1 atom stereocenters. The first kappa shape index (κ1) is 20.1. The van der Waals surface area contributed by atoms with Gasteiger partial charge >= 0.3 is 0 Å². The number of carbonyl (C=O) groups excluding carboxylic acids is 1. The molecule has 1 aromatic heterocycles. The first-order chi connectivity index (χ1) is 13.1. The summed E-state index contributed by atoms with van der Waals surface area (Å²) in [4.78, 5) is 27.8. The van der Waals surface area contributed by atoms with Crippen molar-refractivity contribution in [2.75, 3.05) is 20.1 Å². The molecule has 5 nitrogen and oxygen atoms in total. The van der Waals surface area contributed by atoms with Gasteiger partial charge in [0.1, 0.15) is 5.76 Å². The van der Waals surface area contributed by atoms with Gasteiger partial charge in [0, 0.05) is 30.3 Å². The summed E-state index contributed by atoms with van der Waals surface area (Å²) < 4.78 is 6.16. The molecule has 28 heavy (non-hydrogen) atoms. The van der Waals surface area contributed by atoms with Crippen LogP contribution in [0.4, 0.5) is 0 Å². The highest BCUT2D eigenvalue weighted by Crippen LogP contribution is 2.28. The largest absolute Gasteiger partial charge is 0.455 e. The van der Waals surface area contributed by atoms with E-state index < -0.39 is 0 Å². The molecule has 1 aliphatic heterocycles. The van der Waals surface area contributed by atoms with Gasteiger partial charge in [-0.25, -0.2) is 0 Å². The molecule has 0 bridgehead atoms. The van der Waals surface area contributed by atoms with Crippen LogP contribution in [0.25, 0.3) is 22.3 Å². The van der Waals surface area contributed by atoms with E-state index in [2.05, 4.69) is 5.32 Å². The van der Waals surface area contributed by atoms with Gasteiger partial charge in [0.2, 0.25) is 0 Å². The van der Waals surface area contributed by atoms with Crippen LogP contribution in [0.15, 0.2) is 57.7 Å². The Kier molecular flexibility index (Phi) is 5.87. The maximum Gasteiger partial charge on any atom is 0.257 e. The van der Waals surface area contributed by atoms with Crippen LogP contribution in [-0.4, -0.2) is 37.0 Å². The number of fused-ring (bicyclic) bond motifs is 1. The van der Waals surface area contributed by atoms with E-state index in [0.717, 1.165) is 12.0 Å². The Morgan fingerprint density at radius 3 is 2.57 bits per heavy atom. The fourth-order valence-corrected chi connectivity index (χ4v) is 3.69. The molecule has 6 heteroatoms. The van der Waals surface area contributed by atoms with Gasteiger partial charge in [-0.1, -0.05) is 36.4 Å². The second-order valence-corrected chi connectivity index (χ2v) is 6.96. The maximum atomic E-state index is 13.1. The van der Waals surface area contributed by atoms with Crippen LogP contribution < -0.4 is 10.7 Å². The van der Waals surface area contributed by atoms with E-state index in [4.69, 9.17) is 4.42 Å². The van der Waals surface area contributed by atoms with Crippen LogP contribution in [0.5, 0.6) is 0 Å². The molecule has 3 aromatic rings. The zero-order valence-corrected chi connectivity index (χ0v) is 16.7. The third kappa shape index (κ3) is 3.43. The molecule has 1 aliphatic rings. The highest BCUT2D eigenvalue weighted by Gasteiger charge is 2.28. The lowest BCUT2D eigenvalue weighted by Crippen LogP contribution is -2.33. The summed E-state index contributed by atoms with van der Waals surface area (Å²) in [6.45, 7) is 3.12. The number of likely N-dealkylation sites (N-methyl/N-ethyl adjacent to an activating group) is 1. The maximum absolute atomic E-state index is 13.1. The van der Waals surface area contributed by atoms with Gasteiger partial charge < -0.3 is 14.6 Å². The van der Waals surface area contributed by atoms with Crippen molar-refractivity contribution in [1.29, 1.82) is 0 Å². The number of amides is 1. The second-order valence-electron chi connectivity index (χ2n) is 6.96. The highest BCUT2D eigenvalue weighted by atomic mass is 35.5. The van der Waals surface area contributed by atoms with Crippen molar-refractivity contribution in [3.63, 3.8) is 0 Å². The fraction of sp³-hybridized carbons (Fsp3) is 0.273. The summed E-state index contributed by atoms with van der Waals surface area (Å²) in [6.07, 6.45) is 0.922. The lowest BCUT2D eigenvalue weighted by molar-refractivity contribution is 0.0790. The van der Waals surface area contributed by atoms with E-state index in [-0.39, 0.29) is 23.7 Å². The summed E-state index contributed by atoms with van der Waals surface area (Å²) in [5.74, 6) is 0.423. The molecule has 1 saturated heterocycles. The first-order valence-corrected chi connectivity index (χ1v) is 9.18. The third-order valence-corrected chi connectivity index (χ3v) is 5.30. The lowest BCUT2D eigenvalue weighted by atomic mass is 10.0. The zero-order chi connectivity index (χ0) is 19.0. The smallest absolute Gasteiger partial charge is 0.257 e. The Bertz CT molecular complexity index is 1060. The Morgan fingerprint density at radius 1 is 1.14 bits per heavy atom. The summed E-state index contributed by atoms with van der Waals surface area (Å²) in [5.41, 5.74) is 2.09. The van der Waals surface area contributed by atoms with Gasteiger partial charge in [-0.3, -0.25) is 9.59 Å². The van der Waals surface area contributed by atoms with Crippen molar-refractivity contribution in [2.45, 2.75) is 19.4 Å². The number of hydrogen-bond acceptors (Lipinski definition) is 4. The molecule has 0 spiro atoms. The summed E-state index contributed by atoms with van der Waals surface area (Å²) >= 11 is 0. The fourth-order valence-electron chi connectivity index (χ4n) is 3.69. The van der Waals surface area contributed by atoms with Crippen LogP contribution in [0.1, 0.15) is 22.3 Å². The number of nitrogens with zero attached hydrogens (tertiary/aromatic N) is 1. The minimum absolute atomic E-state index is 0. The van der Waals surface area contributed by atoms with Crippen molar-refractivity contribution >= 4 is 29.3 Å². The van der Waals surface area contributed by atoms with E-state index in [1.54, 1.807) is 25.1 Å². The van der Waals surface area contributed by atoms with Gasteiger partial charge in [0.15, 0.2) is 11.0 Å². The molecule has 1 fully saturated rings. The van der Waals surface area contributed by atoms with Crippen LogP contribution in [0.3, 0.4) is 0 Å². The molecule has 146 valence electrons. The number of nitrogens with one attached hydrogen (secondary N) is 1. The van der Waals surface area contributed by atoms with Gasteiger partial charge in [-0.05, 0) is 32.5 Å². The second kappa shape index (κ2) is 8.17. The summed E-state index contributed by atoms with van der Waals surface area (Å²) in [5, 5.41) is 3.66. The minimum Gasteiger partial charge on any atom is -0.455 e. The zero-order valence-electron chi connectivity index (χ0n) is 15.9. The van der Waals surface area contributed by atoms with Gasteiger partial charge in [-0.2, -0.15) is 0 Å². The standard InChI is InChI=1S/C22H22N2O3.ClH/c1-14-19(25)17-9-6-10-18(22(26)24-12-11-16(13-24)23-2)21(17)27-20(14)15-7-4-3-5-8-15;/h3-10,16,23H,11-13H2,1-2H3;1H. The van der Waals surface area contributed by atoms with Gasteiger partial charge in [0.25, 0.3) is 5.91 Å². The highest BCUT2D eigenvalue weighted by molar-refractivity contribution is 6.05. The molecule has 2 aromatic carbocycles. The Balaban J connectivity index is 0.00000225. The minimum atomic E-state index is -0.0979. The average Bonchev–Trinajstić information content (AvgIpc) is 3.19. The number of carbonyl (C=O) groups is 1. The predicted octanol–water partition coefficient (Wildman–Crippen LogP) is 3.62. The van der Waals surface area contributed by atoms with E-state index in [0.29, 0.717) is 47.0 Å². The van der Waals surface area contributed by atoms with E-state index in [1.807, 2.05) is 42.3 Å². The number of likely N-dealkylation sites (tertiary alicyclic amines) is 1. The molecule has 0 aliphatic carbocycles. The van der Waals surface area contributed by atoms with Crippen molar-refractivity contribution in [3.05, 3.63) is 69.9 Å².